The van der Waals surface area contributed by atoms with Crippen molar-refractivity contribution in [3.8, 4) is 0 Å². The highest BCUT2D eigenvalue weighted by Gasteiger charge is 2.11. The Morgan fingerprint density at radius 1 is 1.17 bits per heavy atom. The zero-order valence-corrected chi connectivity index (χ0v) is 14.5. The van der Waals surface area contributed by atoms with Crippen LogP contribution in [0.5, 0.6) is 0 Å². The number of halogens is 1. The lowest BCUT2D eigenvalue weighted by molar-refractivity contribution is 0.102. The van der Waals surface area contributed by atoms with Gasteiger partial charge in [0.1, 0.15) is 0 Å². The van der Waals surface area contributed by atoms with Crippen molar-refractivity contribution in [1.82, 2.24) is 9.55 Å². The lowest BCUT2D eigenvalue weighted by Gasteiger charge is -2.07. The normalized spacial score (nSPS) is 11.1. The minimum atomic E-state index is -0.135. The molecule has 5 heteroatoms. The predicted octanol–water partition coefficient (Wildman–Crippen LogP) is 4.74. The number of hydrogen-bond acceptors (Lipinski definition) is 2. The van der Waals surface area contributed by atoms with Gasteiger partial charge in [-0.25, -0.2) is 0 Å². The Morgan fingerprint density at radius 3 is 2.92 bits per heavy atom. The summed E-state index contributed by atoms with van der Waals surface area (Å²) < 4.78 is 3.02. The maximum atomic E-state index is 12.6. The van der Waals surface area contributed by atoms with Crippen LogP contribution in [0.4, 0.5) is 5.69 Å². The van der Waals surface area contributed by atoms with Crippen LogP contribution < -0.4 is 5.32 Å². The second-order valence-electron chi connectivity index (χ2n) is 5.68. The van der Waals surface area contributed by atoms with Gasteiger partial charge < -0.3 is 9.88 Å². The van der Waals surface area contributed by atoms with Crippen molar-refractivity contribution in [1.29, 1.82) is 0 Å². The van der Waals surface area contributed by atoms with Crippen molar-refractivity contribution in [2.24, 2.45) is 7.05 Å². The molecule has 0 saturated heterocycles. The van der Waals surface area contributed by atoms with Gasteiger partial charge in [-0.3, -0.25) is 9.78 Å². The topological polar surface area (TPSA) is 46.9 Å². The highest BCUT2D eigenvalue weighted by molar-refractivity contribution is 9.10. The van der Waals surface area contributed by atoms with E-state index in [1.54, 1.807) is 6.20 Å². The molecule has 0 fully saturated rings. The average Bonchev–Trinajstić information content (AvgIpc) is 2.88. The predicted molar refractivity (Wildman–Crippen MR) is 100 cm³/mol. The summed E-state index contributed by atoms with van der Waals surface area (Å²) >= 11 is 3.53. The largest absolute Gasteiger partial charge is 0.349 e. The van der Waals surface area contributed by atoms with E-state index in [-0.39, 0.29) is 5.91 Å². The highest BCUT2D eigenvalue weighted by atomic mass is 79.9. The van der Waals surface area contributed by atoms with Crippen LogP contribution in [0, 0.1) is 0 Å². The van der Waals surface area contributed by atoms with E-state index in [9.17, 15) is 4.79 Å². The molecule has 1 amide bonds. The number of carbonyl (C=O) groups excluding carboxylic acids is 1. The van der Waals surface area contributed by atoms with Crippen LogP contribution in [-0.2, 0) is 7.05 Å². The summed E-state index contributed by atoms with van der Waals surface area (Å²) in [6.45, 7) is 0. The van der Waals surface area contributed by atoms with Crippen molar-refractivity contribution in [2.75, 3.05) is 5.32 Å². The van der Waals surface area contributed by atoms with Crippen molar-refractivity contribution in [2.45, 2.75) is 0 Å². The molecule has 4 rings (SSSR count). The van der Waals surface area contributed by atoms with Gasteiger partial charge in [0.15, 0.2) is 0 Å². The summed E-state index contributed by atoms with van der Waals surface area (Å²) in [5.74, 6) is -0.135. The number of anilines is 1. The third-order valence-corrected chi connectivity index (χ3v) is 4.70. The number of pyridine rings is 1. The number of nitrogens with one attached hydrogen (secondary N) is 1. The number of rotatable bonds is 2. The van der Waals surface area contributed by atoms with Crippen molar-refractivity contribution < 1.29 is 4.79 Å². The van der Waals surface area contributed by atoms with Crippen LogP contribution in [0.3, 0.4) is 0 Å². The molecule has 0 aliphatic heterocycles. The zero-order chi connectivity index (χ0) is 16.7. The minimum Gasteiger partial charge on any atom is -0.349 e. The SMILES string of the molecule is Cn1cc(Br)c2ccc(C(=O)Nc3ccc4cccnc4c3)cc21. The first-order valence-corrected chi connectivity index (χ1v) is 8.32. The maximum absolute atomic E-state index is 12.6. The van der Waals surface area contributed by atoms with E-state index < -0.39 is 0 Å². The molecule has 0 aliphatic carbocycles. The van der Waals surface area contributed by atoms with Crippen LogP contribution in [0.2, 0.25) is 0 Å². The summed E-state index contributed by atoms with van der Waals surface area (Å²) in [7, 11) is 1.96. The van der Waals surface area contributed by atoms with Gasteiger partial charge in [-0.2, -0.15) is 0 Å². The van der Waals surface area contributed by atoms with Crippen LogP contribution in [-0.4, -0.2) is 15.5 Å². The molecule has 4 aromatic rings. The number of hydrogen-bond donors (Lipinski definition) is 1. The van der Waals surface area contributed by atoms with Gasteiger partial charge in [-0.1, -0.05) is 18.2 Å². The van der Waals surface area contributed by atoms with E-state index in [1.165, 1.54) is 0 Å². The van der Waals surface area contributed by atoms with Crippen LogP contribution in [0.25, 0.3) is 21.8 Å². The molecule has 0 atom stereocenters. The van der Waals surface area contributed by atoms with Gasteiger partial charge in [-0.05, 0) is 46.3 Å². The molecule has 1 N–H and O–H groups in total. The molecule has 24 heavy (non-hydrogen) atoms. The lowest BCUT2D eigenvalue weighted by Crippen LogP contribution is -2.11. The summed E-state index contributed by atoms with van der Waals surface area (Å²) in [4.78, 5) is 16.9. The Bertz CT molecular complexity index is 1080. The molecule has 0 unspecified atom stereocenters. The van der Waals surface area contributed by atoms with Crippen LogP contribution >= 0.6 is 15.9 Å². The Balaban J connectivity index is 1.66. The lowest BCUT2D eigenvalue weighted by atomic mass is 10.1. The second kappa shape index (κ2) is 5.76. The molecular weight excluding hydrogens is 366 g/mol. The van der Waals surface area contributed by atoms with Gasteiger partial charge in [0.25, 0.3) is 5.91 Å². The first-order chi connectivity index (χ1) is 11.6. The third kappa shape index (κ3) is 2.57. The fraction of sp³-hybridized carbons (Fsp3) is 0.0526. The maximum Gasteiger partial charge on any atom is 0.255 e. The highest BCUT2D eigenvalue weighted by Crippen LogP contribution is 2.26. The zero-order valence-electron chi connectivity index (χ0n) is 13.0. The Hall–Kier alpha value is -2.66. The molecular formula is C19H14BrN3O. The van der Waals surface area contributed by atoms with E-state index in [0.29, 0.717) is 5.56 Å². The number of nitrogens with zero attached hydrogens (tertiary/aromatic N) is 2. The van der Waals surface area contributed by atoms with E-state index in [2.05, 4.69) is 26.2 Å². The molecule has 2 aromatic heterocycles. The number of amides is 1. The molecule has 2 heterocycles. The standard InChI is InChI=1S/C19H14BrN3O/c1-23-11-16(20)15-7-5-13(9-18(15)23)19(24)22-14-6-4-12-3-2-8-21-17(12)10-14/h2-11H,1H3,(H,22,24). The molecule has 0 spiro atoms. The molecule has 0 radical (unpaired) electrons. The van der Waals surface area contributed by atoms with Gasteiger partial charge in [-0.15, -0.1) is 0 Å². The number of aromatic nitrogens is 2. The van der Waals surface area contributed by atoms with Gasteiger partial charge in [0, 0.05) is 51.5 Å². The summed E-state index contributed by atoms with van der Waals surface area (Å²) in [6, 6.07) is 15.3. The monoisotopic (exact) mass is 379 g/mol. The van der Waals surface area contributed by atoms with Crippen LogP contribution in [0.1, 0.15) is 10.4 Å². The van der Waals surface area contributed by atoms with Crippen molar-refractivity contribution >= 4 is 49.3 Å². The van der Waals surface area contributed by atoms with Gasteiger partial charge in [0.05, 0.1) is 5.52 Å². The minimum absolute atomic E-state index is 0.135. The number of carbonyl (C=O) groups is 1. The summed E-state index contributed by atoms with van der Waals surface area (Å²) in [5, 5.41) is 5.08. The number of aryl methyl sites for hydroxylation is 1. The molecule has 0 bridgehead atoms. The molecule has 0 saturated carbocycles. The first kappa shape index (κ1) is 14.9. The number of benzene rings is 2. The Labute approximate surface area is 147 Å². The van der Waals surface area contributed by atoms with E-state index in [1.807, 2.05) is 66.3 Å². The quantitative estimate of drug-likeness (QED) is 0.546. The first-order valence-electron chi connectivity index (χ1n) is 7.52. The summed E-state index contributed by atoms with van der Waals surface area (Å²) in [6.07, 6.45) is 3.73. The van der Waals surface area contributed by atoms with Crippen LogP contribution in [0.15, 0.2) is 65.4 Å². The fourth-order valence-corrected chi connectivity index (χ4v) is 3.47. The fourth-order valence-electron chi connectivity index (χ4n) is 2.82. The van der Waals surface area contributed by atoms with E-state index in [0.717, 1.165) is 32.0 Å². The van der Waals surface area contributed by atoms with E-state index >= 15 is 0 Å². The molecule has 118 valence electrons. The average molecular weight is 380 g/mol. The molecule has 4 nitrogen and oxygen atoms in total. The summed E-state index contributed by atoms with van der Waals surface area (Å²) in [5.41, 5.74) is 3.23. The molecule has 2 aromatic carbocycles. The number of fused-ring (bicyclic) bond motifs is 2. The van der Waals surface area contributed by atoms with Gasteiger partial charge >= 0.3 is 0 Å². The van der Waals surface area contributed by atoms with E-state index in [4.69, 9.17) is 0 Å². The van der Waals surface area contributed by atoms with Crippen molar-refractivity contribution in [3.05, 3.63) is 71.0 Å². The third-order valence-electron chi connectivity index (χ3n) is 4.07. The van der Waals surface area contributed by atoms with Crippen molar-refractivity contribution in [3.63, 3.8) is 0 Å². The second-order valence-corrected chi connectivity index (χ2v) is 6.54. The molecule has 0 aliphatic rings. The smallest absolute Gasteiger partial charge is 0.255 e. The Morgan fingerprint density at radius 2 is 2.04 bits per heavy atom. The Kier molecular flexibility index (Phi) is 3.58. The van der Waals surface area contributed by atoms with Gasteiger partial charge in [0.2, 0.25) is 0 Å².